The molecule has 0 aliphatic carbocycles. The molecule has 1 fully saturated rings. The van der Waals surface area contributed by atoms with Gasteiger partial charge in [-0.05, 0) is 70.5 Å². The first-order valence-electron chi connectivity index (χ1n) is 8.96. The van der Waals surface area contributed by atoms with E-state index in [9.17, 15) is 0 Å². The number of guanidine groups is 1. The zero-order valence-electron chi connectivity index (χ0n) is 15.7. The van der Waals surface area contributed by atoms with E-state index in [1.807, 2.05) is 7.05 Å². The summed E-state index contributed by atoms with van der Waals surface area (Å²) in [7, 11) is 4.08. The van der Waals surface area contributed by atoms with Crippen LogP contribution in [0.1, 0.15) is 59.8 Å². The van der Waals surface area contributed by atoms with Crippen molar-refractivity contribution in [2.75, 3.05) is 33.7 Å². The second kappa shape index (κ2) is 9.39. The van der Waals surface area contributed by atoms with E-state index < -0.39 is 0 Å². The van der Waals surface area contributed by atoms with Gasteiger partial charge in [0.1, 0.15) is 0 Å². The van der Waals surface area contributed by atoms with Gasteiger partial charge in [0.2, 0.25) is 0 Å². The third-order valence-corrected chi connectivity index (χ3v) is 4.62. The van der Waals surface area contributed by atoms with Gasteiger partial charge in [0.05, 0.1) is 0 Å². The van der Waals surface area contributed by atoms with Gasteiger partial charge in [-0.25, -0.2) is 0 Å². The summed E-state index contributed by atoms with van der Waals surface area (Å²) in [6, 6.07) is 0.466. The number of likely N-dealkylation sites (tertiary alicyclic amines) is 1. The summed E-state index contributed by atoms with van der Waals surface area (Å²) in [5.41, 5.74) is 0.404. The molecule has 1 rings (SSSR count). The van der Waals surface area contributed by atoms with E-state index in [0.29, 0.717) is 11.5 Å². The van der Waals surface area contributed by atoms with Crippen molar-refractivity contribution in [3.05, 3.63) is 0 Å². The van der Waals surface area contributed by atoms with E-state index >= 15 is 0 Å². The maximum atomic E-state index is 4.35. The second-order valence-electron chi connectivity index (χ2n) is 8.18. The first-order valence-corrected chi connectivity index (χ1v) is 8.96. The van der Waals surface area contributed by atoms with Crippen molar-refractivity contribution < 1.29 is 0 Å². The van der Waals surface area contributed by atoms with Gasteiger partial charge in [-0.3, -0.25) is 4.99 Å². The lowest BCUT2D eigenvalue weighted by atomic mass is 9.89. The average molecular weight is 311 g/mol. The van der Waals surface area contributed by atoms with Crippen LogP contribution in [-0.4, -0.2) is 50.6 Å². The van der Waals surface area contributed by atoms with Crippen molar-refractivity contribution in [2.24, 2.45) is 16.3 Å². The molecule has 1 heterocycles. The molecule has 4 heteroatoms. The van der Waals surface area contributed by atoms with Gasteiger partial charge >= 0.3 is 0 Å². The fraction of sp³-hybridized carbons (Fsp3) is 0.944. The first-order chi connectivity index (χ1) is 10.3. The Hall–Kier alpha value is -0.770. The maximum Gasteiger partial charge on any atom is 0.191 e. The molecule has 1 saturated heterocycles. The summed E-state index contributed by atoms with van der Waals surface area (Å²) < 4.78 is 0. The zero-order valence-corrected chi connectivity index (χ0v) is 15.7. The molecular weight excluding hydrogens is 272 g/mol. The lowest BCUT2D eigenvalue weighted by Crippen LogP contribution is -2.43. The monoisotopic (exact) mass is 310 g/mol. The smallest absolute Gasteiger partial charge is 0.191 e. The highest BCUT2D eigenvalue weighted by atomic mass is 15.2. The highest BCUT2D eigenvalue weighted by Crippen LogP contribution is 2.21. The average Bonchev–Trinajstić information content (AvgIpc) is 2.45. The molecule has 1 atom stereocenters. The number of nitrogens with one attached hydrogen (secondary N) is 2. The molecule has 0 aromatic heterocycles. The van der Waals surface area contributed by atoms with Crippen molar-refractivity contribution in [2.45, 2.75) is 65.8 Å². The quantitative estimate of drug-likeness (QED) is 0.585. The van der Waals surface area contributed by atoms with Crippen LogP contribution in [0.15, 0.2) is 4.99 Å². The maximum absolute atomic E-state index is 4.35. The Morgan fingerprint density at radius 2 is 1.91 bits per heavy atom. The molecule has 0 amide bonds. The topological polar surface area (TPSA) is 39.7 Å². The Balaban J connectivity index is 2.19. The largest absolute Gasteiger partial charge is 0.356 e. The SMILES string of the molecule is CN=C(NCCC1CCN(C)CC1)NC(C)CCC(C)(C)C. The number of nitrogens with zero attached hydrogens (tertiary/aromatic N) is 2. The summed E-state index contributed by atoms with van der Waals surface area (Å²) in [6.45, 7) is 12.7. The minimum Gasteiger partial charge on any atom is -0.356 e. The highest BCUT2D eigenvalue weighted by molar-refractivity contribution is 5.79. The Labute approximate surface area is 138 Å². The van der Waals surface area contributed by atoms with Crippen LogP contribution in [0.3, 0.4) is 0 Å². The lowest BCUT2D eigenvalue weighted by molar-refractivity contribution is 0.213. The van der Waals surface area contributed by atoms with Crippen LogP contribution in [-0.2, 0) is 0 Å². The van der Waals surface area contributed by atoms with Gasteiger partial charge in [-0.1, -0.05) is 20.8 Å². The third kappa shape index (κ3) is 8.62. The molecule has 0 spiro atoms. The standard InChI is InChI=1S/C18H38N4/c1-15(7-11-18(2,3)4)21-17(19-5)20-12-8-16-9-13-22(6)14-10-16/h15-16H,7-14H2,1-6H3,(H2,19,20,21). The summed E-state index contributed by atoms with van der Waals surface area (Å²) >= 11 is 0. The lowest BCUT2D eigenvalue weighted by Gasteiger charge is -2.29. The summed E-state index contributed by atoms with van der Waals surface area (Å²) in [4.78, 5) is 6.79. The number of hydrogen-bond acceptors (Lipinski definition) is 2. The summed E-state index contributed by atoms with van der Waals surface area (Å²) in [5.74, 6) is 1.83. The van der Waals surface area contributed by atoms with Crippen molar-refractivity contribution in [1.29, 1.82) is 0 Å². The van der Waals surface area contributed by atoms with Gasteiger partial charge in [0, 0.05) is 19.6 Å². The molecule has 22 heavy (non-hydrogen) atoms. The second-order valence-corrected chi connectivity index (χ2v) is 8.18. The molecule has 1 aliphatic heterocycles. The summed E-state index contributed by atoms with van der Waals surface area (Å²) in [5, 5.41) is 7.00. The molecule has 0 saturated carbocycles. The Morgan fingerprint density at radius 3 is 2.45 bits per heavy atom. The number of rotatable bonds is 6. The molecule has 0 aromatic carbocycles. The molecule has 4 nitrogen and oxygen atoms in total. The first kappa shape index (κ1) is 19.3. The molecule has 1 aliphatic rings. The van der Waals surface area contributed by atoms with E-state index in [-0.39, 0.29) is 0 Å². The fourth-order valence-electron chi connectivity index (χ4n) is 2.90. The van der Waals surface area contributed by atoms with Crippen molar-refractivity contribution in [3.8, 4) is 0 Å². The van der Waals surface area contributed by atoms with E-state index in [1.54, 1.807) is 0 Å². The minimum absolute atomic E-state index is 0.404. The predicted molar refractivity (Wildman–Crippen MR) is 97.5 cm³/mol. The number of aliphatic imine (C=N–C) groups is 1. The number of piperidine rings is 1. The Morgan fingerprint density at radius 1 is 1.27 bits per heavy atom. The molecule has 0 aromatic rings. The van der Waals surface area contributed by atoms with Gasteiger partial charge < -0.3 is 15.5 Å². The van der Waals surface area contributed by atoms with Crippen LogP contribution in [0.5, 0.6) is 0 Å². The molecular formula is C18H38N4. The van der Waals surface area contributed by atoms with E-state index in [1.165, 1.54) is 45.2 Å². The molecule has 0 bridgehead atoms. The molecule has 2 N–H and O–H groups in total. The van der Waals surface area contributed by atoms with Crippen molar-refractivity contribution in [1.82, 2.24) is 15.5 Å². The Bertz CT molecular complexity index is 324. The van der Waals surface area contributed by atoms with Crippen LogP contribution in [0.25, 0.3) is 0 Å². The van der Waals surface area contributed by atoms with Crippen LogP contribution in [0.2, 0.25) is 0 Å². The van der Waals surface area contributed by atoms with Crippen LogP contribution in [0.4, 0.5) is 0 Å². The molecule has 130 valence electrons. The van der Waals surface area contributed by atoms with Crippen molar-refractivity contribution >= 4 is 5.96 Å². The third-order valence-electron chi connectivity index (χ3n) is 4.62. The molecule has 1 unspecified atom stereocenters. The minimum atomic E-state index is 0.404. The zero-order chi connectivity index (χ0) is 16.6. The Kier molecular flexibility index (Phi) is 8.23. The van der Waals surface area contributed by atoms with E-state index in [2.05, 4.69) is 55.3 Å². The van der Waals surface area contributed by atoms with Crippen LogP contribution < -0.4 is 10.6 Å². The van der Waals surface area contributed by atoms with E-state index in [4.69, 9.17) is 0 Å². The highest BCUT2D eigenvalue weighted by Gasteiger charge is 2.16. The molecule has 0 radical (unpaired) electrons. The van der Waals surface area contributed by atoms with Gasteiger partial charge in [-0.2, -0.15) is 0 Å². The summed E-state index contributed by atoms with van der Waals surface area (Å²) in [6.07, 6.45) is 6.34. The van der Waals surface area contributed by atoms with Gasteiger partial charge in [-0.15, -0.1) is 0 Å². The fourth-order valence-corrected chi connectivity index (χ4v) is 2.90. The predicted octanol–water partition coefficient (Wildman–Crippen LogP) is 3.10. The number of hydrogen-bond donors (Lipinski definition) is 2. The van der Waals surface area contributed by atoms with Gasteiger partial charge in [0.25, 0.3) is 0 Å². The van der Waals surface area contributed by atoms with Crippen LogP contribution >= 0.6 is 0 Å². The van der Waals surface area contributed by atoms with Gasteiger partial charge in [0.15, 0.2) is 5.96 Å². The normalized spacial score (nSPS) is 20.0. The van der Waals surface area contributed by atoms with E-state index in [0.717, 1.165) is 18.4 Å². The van der Waals surface area contributed by atoms with Crippen LogP contribution in [0, 0.1) is 11.3 Å². The van der Waals surface area contributed by atoms with Crippen molar-refractivity contribution in [3.63, 3.8) is 0 Å².